The number of carbonyl (C=O) groups excluding carboxylic acids is 1. The number of nitrogens with one attached hydrogen (secondary N) is 1. The first kappa shape index (κ1) is 18.1. The smallest absolute Gasteiger partial charge is 0.239 e. The molecule has 2 aromatic rings. The van der Waals surface area contributed by atoms with Gasteiger partial charge < -0.3 is 5.32 Å². The van der Waals surface area contributed by atoms with E-state index >= 15 is 0 Å². The van der Waals surface area contributed by atoms with Crippen molar-refractivity contribution in [3.05, 3.63) is 66.0 Å². The van der Waals surface area contributed by atoms with Crippen molar-refractivity contribution in [3.63, 3.8) is 0 Å². The fraction of sp³-hybridized carbons (Fsp3) is 0.235. The number of carbonyl (C=O) groups is 1. The van der Waals surface area contributed by atoms with E-state index in [1.54, 1.807) is 0 Å². The van der Waals surface area contributed by atoms with Crippen LogP contribution < -0.4 is 5.32 Å². The molecular formula is C17H19FN2O3S. The Labute approximate surface area is 141 Å². The highest BCUT2D eigenvalue weighted by atomic mass is 32.2. The molecule has 2 rings (SSSR count). The van der Waals surface area contributed by atoms with Crippen LogP contribution in [-0.4, -0.2) is 38.0 Å². The molecule has 0 radical (unpaired) electrons. The molecule has 0 saturated heterocycles. The molecule has 0 aliphatic rings. The lowest BCUT2D eigenvalue weighted by molar-refractivity contribution is -0.116. The standard InChI is InChI=1S/C17H19FN2O3S/c1-24(22,23)20(11-10-14-6-3-2-4-7-14)13-17(21)19-16-9-5-8-15(18)12-16/h2-9,12H,10-11,13H2,1H3,(H,19,21). The van der Waals surface area contributed by atoms with Gasteiger partial charge in [0.15, 0.2) is 0 Å². The molecule has 0 aliphatic heterocycles. The average Bonchev–Trinajstić information content (AvgIpc) is 2.51. The van der Waals surface area contributed by atoms with E-state index in [2.05, 4.69) is 5.32 Å². The van der Waals surface area contributed by atoms with Gasteiger partial charge in [-0.2, -0.15) is 4.31 Å². The van der Waals surface area contributed by atoms with Gasteiger partial charge in [0.1, 0.15) is 5.82 Å². The van der Waals surface area contributed by atoms with E-state index in [0.717, 1.165) is 16.1 Å². The highest BCUT2D eigenvalue weighted by Gasteiger charge is 2.20. The minimum absolute atomic E-state index is 0.194. The molecule has 0 saturated carbocycles. The van der Waals surface area contributed by atoms with Gasteiger partial charge in [-0.3, -0.25) is 4.79 Å². The van der Waals surface area contributed by atoms with Crippen LogP contribution in [0.3, 0.4) is 0 Å². The van der Waals surface area contributed by atoms with Crippen LogP contribution in [0.5, 0.6) is 0 Å². The minimum atomic E-state index is -3.53. The maximum absolute atomic E-state index is 13.1. The van der Waals surface area contributed by atoms with Crippen molar-refractivity contribution in [2.45, 2.75) is 6.42 Å². The number of amides is 1. The second-order valence-electron chi connectivity index (χ2n) is 5.39. The van der Waals surface area contributed by atoms with Crippen molar-refractivity contribution in [2.24, 2.45) is 0 Å². The summed E-state index contributed by atoms with van der Waals surface area (Å²) < 4.78 is 38.0. The number of hydrogen-bond acceptors (Lipinski definition) is 3. The molecule has 0 unspecified atom stereocenters. The third-order valence-electron chi connectivity index (χ3n) is 3.39. The van der Waals surface area contributed by atoms with Gasteiger partial charge in [0.05, 0.1) is 12.8 Å². The quantitative estimate of drug-likeness (QED) is 0.833. The van der Waals surface area contributed by atoms with E-state index in [9.17, 15) is 17.6 Å². The summed E-state index contributed by atoms with van der Waals surface area (Å²) in [7, 11) is -3.53. The summed E-state index contributed by atoms with van der Waals surface area (Å²) in [5.74, 6) is -0.990. The molecule has 0 aromatic heterocycles. The van der Waals surface area contributed by atoms with E-state index in [1.165, 1.54) is 24.3 Å². The van der Waals surface area contributed by atoms with Gasteiger partial charge in [0.25, 0.3) is 0 Å². The normalized spacial score (nSPS) is 11.5. The Hall–Kier alpha value is -2.25. The second-order valence-corrected chi connectivity index (χ2v) is 7.37. The largest absolute Gasteiger partial charge is 0.325 e. The molecular weight excluding hydrogens is 331 g/mol. The fourth-order valence-electron chi connectivity index (χ4n) is 2.19. The molecule has 0 bridgehead atoms. The first-order chi connectivity index (χ1) is 11.3. The van der Waals surface area contributed by atoms with Gasteiger partial charge in [-0.1, -0.05) is 36.4 Å². The molecule has 128 valence electrons. The van der Waals surface area contributed by atoms with E-state index in [-0.39, 0.29) is 18.8 Å². The zero-order valence-electron chi connectivity index (χ0n) is 13.3. The van der Waals surface area contributed by atoms with E-state index in [0.29, 0.717) is 6.42 Å². The van der Waals surface area contributed by atoms with Crippen LogP contribution in [0.25, 0.3) is 0 Å². The predicted molar refractivity (Wildman–Crippen MR) is 91.6 cm³/mol. The summed E-state index contributed by atoms with van der Waals surface area (Å²) in [6.07, 6.45) is 1.56. The Balaban J connectivity index is 1.99. The molecule has 24 heavy (non-hydrogen) atoms. The van der Waals surface area contributed by atoms with Crippen LogP contribution in [-0.2, 0) is 21.2 Å². The van der Waals surface area contributed by atoms with Crippen LogP contribution in [0.1, 0.15) is 5.56 Å². The van der Waals surface area contributed by atoms with Crippen LogP contribution in [0.15, 0.2) is 54.6 Å². The van der Waals surface area contributed by atoms with Crippen molar-refractivity contribution in [1.29, 1.82) is 0 Å². The zero-order chi connectivity index (χ0) is 17.6. The third kappa shape index (κ3) is 5.75. The first-order valence-corrected chi connectivity index (χ1v) is 9.24. The molecule has 5 nitrogen and oxygen atoms in total. The number of anilines is 1. The summed E-state index contributed by atoms with van der Waals surface area (Å²) in [4.78, 5) is 12.1. The summed E-state index contributed by atoms with van der Waals surface area (Å²) in [6, 6.07) is 14.9. The number of sulfonamides is 1. The van der Waals surface area contributed by atoms with Crippen molar-refractivity contribution in [1.82, 2.24) is 4.31 Å². The van der Waals surface area contributed by atoms with Gasteiger partial charge in [0.2, 0.25) is 15.9 Å². The highest BCUT2D eigenvalue weighted by Crippen LogP contribution is 2.10. The van der Waals surface area contributed by atoms with Crippen LogP contribution >= 0.6 is 0 Å². The van der Waals surface area contributed by atoms with Gasteiger partial charge in [-0.05, 0) is 30.2 Å². The van der Waals surface area contributed by atoms with E-state index in [1.807, 2.05) is 30.3 Å². The van der Waals surface area contributed by atoms with E-state index < -0.39 is 21.7 Å². The lowest BCUT2D eigenvalue weighted by Crippen LogP contribution is -2.38. The summed E-state index contributed by atoms with van der Waals surface area (Å²) in [5.41, 5.74) is 1.27. The number of nitrogens with zero attached hydrogens (tertiary/aromatic N) is 1. The Morgan fingerprint density at radius 2 is 1.83 bits per heavy atom. The van der Waals surface area contributed by atoms with Gasteiger partial charge >= 0.3 is 0 Å². The van der Waals surface area contributed by atoms with Crippen molar-refractivity contribution < 1.29 is 17.6 Å². The maximum atomic E-state index is 13.1. The number of benzene rings is 2. The Kier molecular flexibility index (Phi) is 6.05. The molecule has 0 fully saturated rings. The summed E-state index contributed by atoms with van der Waals surface area (Å²) >= 11 is 0. The Morgan fingerprint density at radius 3 is 2.46 bits per heavy atom. The molecule has 1 amide bonds. The number of hydrogen-bond donors (Lipinski definition) is 1. The van der Waals surface area contributed by atoms with Crippen LogP contribution in [0.2, 0.25) is 0 Å². The summed E-state index contributed by atoms with van der Waals surface area (Å²) in [5, 5.41) is 2.50. The van der Waals surface area contributed by atoms with Crippen molar-refractivity contribution in [3.8, 4) is 0 Å². The first-order valence-electron chi connectivity index (χ1n) is 7.39. The molecule has 2 aromatic carbocycles. The molecule has 0 aliphatic carbocycles. The molecule has 0 spiro atoms. The lowest BCUT2D eigenvalue weighted by atomic mass is 10.1. The molecule has 1 N–H and O–H groups in total. The van der Waals surface area contributed by atoms with Crippen molar-refractivity contribution in [2.75, 3.05) is 24.7 Å². The van der Waals surface area contributed by atoms with E-state index in [4.69, 9.17) is 0 Å². The Morgan fingerprint density at radius 1 is 1.12 bits per heavy atom. The maximum Gasteiger partial charge on any atom is 0.239 e. The lowest BCUT2D eigenvalue weighted by Gasteiger charge is -2.19. The van der Waals surface area contributed by atoms with Gasteiger partial charge in [-0.25, -0.2) is 12.8 Å². The molecule has 0 heterocycles. The fourth-order valence-corrected chi connectivity index (χ4v) is 2.96. The van der Waals surface area contributed by atoms with Crippen molar-refractivity contribution >= 4 is 21.6 Å². The second kappa shape index (κ2) is 8.03. The summed E-state index contributed by atoms with van der Waals surface area (Å²) in [6.45, 7) is -0.123. The van der Waals surface area contributed by atoms with Gasteiger partial charge in [-0.15, -0.1) is 0 Å². The number of rotatable bonds is 7. The average molecular weight is 350 g/mol. The monoisotopic (exact) mass is 350 g/mol. The highest BCUT2D eigenvalue weighted by molar-refractivity contribution is 7.88. The Bertz CT molecular complexity index is 794. The third-order valence-corrected chi connectivity index (χ3v) is 4.64. The minimum Gasteiger partial charge on any atom is -0.325 e. The SMILES string of the molecule is CS(=O)(=O)N(CCc1ccccc1)CC(=O)Nc1cccc(F)c1. The predicted octanol–water partition coefficient (Wildman–Crippen LogP) is 2.27. The van der Waals surface area contributed by atoms with Crippen LogP contribution in [0, 0.1) is 5.82 Å². The number of halogens is 1. The van der Waals surface area contributed by atoms with Crippen LogP contribution in [0.4, 0.5) is 10.1 Å². The van der Waals surface area contributed by atoms with Gasteiger partial charge in [0, 0.05) is 12.2 Å². The zero-order valence-corrected chi connectivity index (χ0v) is 14.1. The topological polar surface area (TPSA) is 66.5 Å². The molecule has 0 atom stereocenters. The molecule has 7 heteroatoms.